The van der Waals surface area contributed by atoms with E-state index in [0.29, 0.717) is 6.61 Å². The Labute approximate surface area is 106 Å². The Kier molecular flexibility index (Phi) is 8.67. The SMILES string of the molecule is CCNC1CCCCC1CCCOCCOC. The maximum absolute atomic E-state index is 5.51. The maximum atomic E-state index is 5.51. The van der Waals surface area contributed by atoms with E-state index in [1.54, 1.807) is 7.11 Å². The third-order valence-electron chi connectivity index (χ3n) is 3.67. The summed E-state index contributed by atoms with van der Waals surface area (Å²) in [4.78, 5) is 0. The summed E-state index contributed by atoms with van der Waals surface area (Å²) < 4.78 is 10.5. The Bertz CT molecular complexity index is 174. The van der Waals surface area contributed by atoms with Crippen molar-refractivity contribution in [2.45, 2.75) is 51.5 Å². The van der Waals surface area contributed by atoms with Gasteiger partial charge in [-0.25, -0.2) is 0 Å². The average Bonchev–Trinajstić information content (AvgIpc) is 2.36. The molecule has 0 saturated heterocycles. The van der Waals surface area contributed by atoms with Crippen LogP contribution in [0.2, 0.25) is 0 Å². The third kappa shape index (κ3) is 6.39. The van der Waals surface area contributed by atoms with E-state index in [-0.39, 0.29) is 0 Å². The van der Waals surface area contributed by atoms with Crippen LogP contribution in [0.25, 0.3) is 0 Å². The van der Waals surface area contributed by atoms with E-state index in [2.05, 4.69) is 12.2 Å². The Morgan fingerprint density at radius 3 is 2.71 bits per heavy atom. The highest BCUT2D eigenvalue weighted by molar-refractivity contribution is 4.80. The van der Waals surface area contributed by atoms with E-state index in [1.807, 2.05) is 0 Å². The molecule has 0 heterocycles. The summed E-state index contributed by atoms with van der Waals surface area (Å²) in [7, 11) is 1.71. The van der Waals surface area contributed by atoms with Crippen molar-refractivity contribution in [2.24, 2.45) is 5.92 Å². The standard InChI is InChI=1S/C14H29NO2/c1-3-15-14-9-5-4-7-13(14)8-6-10-17-12-11-16-2/h13-15H,3-12H2,1-2H3. The van der Waals surface area contributed by atoms with E-state index < -0.39 is 0 Å². The first-order chi connectivity index (χ1) is 8.38. The molecule has 3 heteroatoms. The van der Waals surface area contributed by atoms with Gasteiger partial charge in [0.1, 0.15) is 0 Å². The van der Waals surface area contributed by atoms with Gasteiger partial charge in [-0.05, 0) is 38.1 Å². The van der Waals surface area contributed by atoms with Crippen LogP contribution in [0.3, 0.4) is 0 Å². The van der Waals surface area contributed by atoms with Gasteiger partial charge in [0.05, 0.1) is 13.2 Å². The highest BCUT2D eigenvalue weighted by atomic mass is 16.5. The lowest BCUT2D eigenvalue weighted by atomic mass is 9.82. The maximum Gasteiger partial charge on any atom is 0.0700 e. The normalized spacial score (nSPS) is 25.1. The molecular weight excluding hydrogens is 214 g/mol. The lowest BCUT2D eigenvalue weighted by molar-refractivity contribution is 0.0655. The molecule has 0 aromatic heterocycles. The molecule has 17 heavy (non-hydrogen) atoms. The van der Waals surface area contributed by atoms with Crippen molar-refractivity contribution in [1.29, 1.82) is 0 Å². The molecular formula is C14H29NO2. The fourth-order valence-corrected chi connectivity index (χ4v) is 2.78. The van der Waals surface area contributed by atoms with Crippen LogP contribution in [0.5, 0.6) is 0 Å². The molecule has 102 valence electrons. The molecule has 2 unspecified atom stereocenters. The summed E-state index contributed by atoms with van der Waals surface area (Å²) in [6.45, 7) is 5.64. The summed E-state index contributed by atoms with van der Waals surface area (Å²) in [5.41, 5.74) is 0. The van der Waals surface area contributed by atoms with Gasteiger partial charge in [0, 0.05) is 19.8 Å². The number of nitrogens with one attached hydrogen (secondary N) is 1. The quantitative estimate of drug-likeness (QED) is 0.631. The van der Waals surface area contributed by atoms with Crippen molar-refractivity contribution >= 4 is 0 Å². The number of hydrogen-bond donors (Lipinski definition) is 1. The van der Waals surface area contributed by atoms with Crippen LogP contribution in [-0.4, -0.2) is 39.5 Å². The molecule has 1 N–H and O–H groups in total. The van der Waals surface area contributed by atoms with Gasteiger partial charge in [0.15, 0.2) is 0 Å². The number of ether oxygens (including phenoxy) is 2. The topological polar surface area (TPSA) is 30.5 Å². The third-order valence-corrected chi connectivity index (χ3v) is 3.67. The minimum absolute atomic E-state index is 0.712. The fourth-order valence-electron chi connectivity index (χ4n) is 2.78. The predicted octanol–water partition coefficient (Wildman–Crippen LogP) is 2.60. The van der Waals surface area contributed by atoms with Crippen molar-refractivity contribution in [1.82, 2.24) is 5.32 Å². The van der Waals surface area contributed by atoms with Crippen LogP contribution < -0.4 is 5.32 Å². The van der Waals surface area contributed by atoms with Crippen molar-refractivity contribution in [3.05, 3.63) is 0 Å². The molecule has 1 fully saturated rings. The van der Waals surface area contributed by atoms with Gasteiger partial charge in [0.25, 0.3) is 0 Å². The molecule has 0 amide bonds. The molecule has 1 aliphatic carbocycles. The summed E-state index contributed by atoms with van der Waals surface area (Å²) >= 11 is 0. The highest BCUT2D eigenvalue weighted by Gasteiger charge is 2.23. The molecule has 3 nitrogen and oxygen atoms in total. The van der Waals surface area contributed by atoms with E-state index >= 15 is 0 Å². The van der Waals surface area contributed by atoms with Gasteiger partial charge < -0.3 is 14.8 Å². The first kappa shape index (κ1) is 14.9. The molecule has 1 saturated carbocycles. The molecule has 1 aliphatic rings. The first-order valence-corrected chi connectivity index (χ1v) is 7.18. The lowest BCUT2D eigenvalue weighted by Gasteiger charge is -2.32. The van der Waals surface area contributed by atoms with E-state index in [0.717, 1.165) is 31.7 Å². The summed E-state index contributed by atoms with van der Waals surface area (Å²) in [5.74, 6) is 0.870. The predicted molar refractivity (Wildman–Crippen MR) is 71.4 cm³/mol. The smallest absolute Gasteiger partial charge is 0.0700 e. The zero-order valence-electron chi connectivity index (χ0n) is 11.5. The van der Waals surface area contributed by atoms with Crippen LogP contribution in [0.15, 0.2) is 0 Å². The van der Waals surface area contributed by atoms with Crippen LogP contribution in [0, 0.1) is 5.92 Å². The molecule has 0 bridgehead atoms. The summed E-state index contributed by atoms with van der Waals surface area (Å²) in [6.07, 6.45) is 8.08. The second-order valence-corrected chi connectivity index (χ2v) is 4.96. The highest BCUT2D eigenvalue weighted by Crippen LogP contribution is 2.27. The Balaban J connectivity index is 2.06. The van der Waals surface area contributed by atoms with Gasteiger partial charge in [-0.2, -0.15) is 0 Å². The molecule has 2 atom stereocenters. The van der Waals surface area contributed by atoms with Gasteiger partial charge in [0.2, 0.25) is 0 Å². The van der Waals surface area contributed by atoms with Crippen LogP contribution in [-0.2, 0) is 9.47 Å². The van der Waals surface area contributed by atoms with Gasteiger partial charge in [-0.3, -0.25) is 0 Å². The second-order valence-electron chi connectivity index (χ2n) is 4.96. The van der Waals surface area contributed by atoms with Crippen molar-refractivity contribution in [3.63, 3.8) is 0 Å². The van der Waals surface area contributed by atoms with E-state index in [4.69, 9.17) is 9.47 Å². The molecule has 1 rings (SSSR count). The first-order valence-electron chi connectivity index (χ1n) is 7.18. The monoisotopic (exact) mass is 243 g/mol. The number of methoxy groups -OCH3 is 1. The van der Waals surface area contributed by atoms with Crippen molar-refractivity contribution < 1.29 is 9.47 Å². The zero-order chi connectivity index (χ0) is 12.3. The van der Waals surface area contributed by atoms with Crippen LogP contribution in [0.1, 0.15) is 45.4 Å². The molecule has 0 aromatic carbocycles. The van der Waals surface area contributed by atoms with Crippen LogP contribution in [0.4, 0.5) is 0 Å². The Hall–Kier alpha value is -0.120. The average molecular weight is 243 g/mol. The van der Waals surface area contributed by atoms with E-state index in [9.17, 15) is 0 Å². The Morgan fingerprint density at radius 1 is 1.12 bits per heavy atom. The fraction of sp³-hybridized carbons (Fsp3) is 1.00. The largest absolute Gasteiger partial charge is 0.382 e. The minimum Gasteiger partial charge on any atom is -0.382 e. The van der Waals surface area contributed by atoms with E-state index in [1.165, 1.54) is 38.5 Å². The number of rotatable bonds is 9. The molecule has 0 radical (unpaired) electrons. The summed E-state index contributed by atoms with van der Waals surface area (Å²) in [6, 6.07) is 0.757. The van der Waals surface area contributed by atoms with Gasteiger partial charge in [-0.1, -0.05) is 19.8 Å². The minimum atomic E-state index is 0.712. The van der Waals surface area contributed by atoms with Gasteiger partial charge >= 0.3 is 0 Å². The second kappa shape index (κ2) is 9.86. The lowest BCUT2D eigenvalue weighted by Crippen LogP contribution is -2.38. The van der Waals surface area contributed by atoms with Crippen molar-refractivity contribution in [2.75, 3.05) is 33.5 Å². The number of hydrogen-bond acceptors (Lipinski definition) is 3. The Morgan fingerprint density at radius 2 is 1.94 bits per heavy atom. The zero-order valence-corrected chi connectivity index (χ0v) is 11.5. The molecule has 0 aromatic rings. The van der Waals surface area contributed by atoms with Crippen LogP contribution >= 0.6 is 0 Å². The molecule has 0 spiro atoms. The summed E-state index contributed by atoms with van der Waals surface area (Å²) in [5, 5.41) is 3.63. The van der Waals surface area contributed by atoms with Gasteiger partial charge in [-0.15, -0.1) is 0 Å². The molecule has 0 aliphatic heterocycles. The van der Waals surface area contributed by atoms with Crippen molar-refractivity contribution in [3.8, 4) is 0 Å².